The van der Waals surface area contributed by atoms with Crippen LogP contribution in [-0.4, -0.2) is 45.2 Å². The summed E-state index contributed by atoms with van der Waals surface area (Å²) in [5.74, 6) is -0.431. The number of hydrogen-bond donors (Lipinski definition) is 1. The lowest BCUT2D eigenvalue weighted by Gasteiger charge is -2.19. The number of fused-ring (bicyclic) bond motifs is 1. The zero-order valence-corrected chi connectivity index (χ0v) is 16.0. The first-order valence-corrected chi connectivity index (χ1v) is 9.50. The molecule has 2 aliphatic rings. The summed E-state index contributed by atoms with van der Waals surface area (Å²) in [7, 11) is 1.36. The summed E-state index contributed by atoms with van der Waals surface area (Å²) in [5, 5.41) is 13.3. The van der Waals surface area contributed by atoms with Gasteiger partial charge in [0.15, 0.2) is 5.65 Å². The van der Waals surface area contributed by atoms with Crippen molar-refractivity contribution in [3.63, 3.8) is 0 Å². The van der Waals surface area contributed by atoms with Crippen molar-refractivity contribution in [2.24, 2.45) is 5.16 Å². The Balaban J connectivity index is 1.75. The van der Waals surface area contributed by atoms with E-state index in [-0.39, 0.29) is 0 Å². The number of nitrogens with zero attached hydrogens (tertiary/aromatic N) is 4. The number of aromatic nitrogens is 3. The van der Waals surface area contributed by atoms with Crippen LogP contribution in [0.5, 0.6) is 0 Å². The maximum Gasteiger partial charge on any atom is 0.353 e. The first kappa shape index (κ1) is 17.8. The van der Waals surface area contributed by atoms with E-state index in [0.29, 0.717) is 18.2 Å². The highest BCUT2D eigenvalue weighted by Gasteiger charge is 2.44. The van der Waals surface area contributed by atoms with E-state index >= 15 is 0 Å². The van der Waals surface area contributed by atoms with E-state index < -0.39 is 11.6 Å². The predicted molar refractivity (Wildman–Crippen MR) is 102 cm³/mol. The highest BCUT2D eigenvalue weighted by molar-refractivity contribution is 6.12. The second-order valence-electron chi connectivity index (χ2n) is 7.40. The van der Waals surface area contributed by atoms with Crippen LogP contribution >= 0.6 is 0 Å². The fraction of sp³-hybridized carbons (Fsp3) is 0.579. The van der Waals surface area contributed by atoms with Gasteiger partial charge in [0.05, 0.1) is 30.1 Å². The van der Waals surface area contributed by atoms with E-state index in [9.17, 15) is 4.79 Å². The number of carbonyl (C=O) groups is 1. The van der Waals surface area contributed by atoms with Crippen molar-refractivity contribution in [1.82, 2.24) is 14.8 Å². The van der Waals surface area contributed by atoms with Gasteiger partial charge in [-0.3, -0.25) is 0 Å². The zero-order valence-electron chi connectivity index (χ0n) is 16.0. The Morgan fingerprint density at radius 1 is 1.41 bits per heavy atom. The summed E-state index contributed by atoms with van der Waals surface area (Å²) in [4.78, 5) is 22.1. The number of methoxy groups -OCH3 is 1. The Hall–Kier alpha value is -2.64. The predicted octanol–water partition coefficient (Wildman–Crippen LogP) is 2.86. The second kappa shape index (κ2) is 6.83. The van der Waals surface area contributed by atoms with Crippen LogP contribution in [0.2, 0.25) is 0 Å². The number of ether oxygens (including phenoxy) is 1. The molecule has 1 aliphatic heterocycles. The molecule has 8 heteroatoms. The normalized spacial score (nSPS) is 22.7. The van der Waals surface area contributed by atoms with Crippen molar-refractivity contribution >= 4 is 28.4 Å². The van der Waals surface area contributed by atoms with Crippen LogP contribution in [0.25, 0.3) is 11.0 Å². The van der Waals surface area contributed by atoms with Crippen LogP contribution < -0.4 is 5.32 Å². The van der Waals surface area contributed by atoms with Crippen LogP contribution in [0, 0.1) is 0 Å². The molecule has 1 aliphatic carbocycles. The molecule has 1 fully saturated rings. The Labute approximate surface area is 157 Å². The minimum absolute atomic E-state index is 0.341. The van der Waals surface area contributed by atoms with Crippen molar-refractivity contribution in [2.75, 3.05) is 12.4 Å². The largest absolute Gasteiger partial charge is 0.466 e. The number of pyridine rings is 1. The topological polar surface area (TPSA) is 90.6 Å². The molecule has 1 atom stereocenters. The molecule has 1 unspecified atom stereocenters. The second-order valence-corrected chi connectivity index (χ2v) is 7.40. The molecule has 0 bridgehead atoms. The highest BCUT2D eigenvalue weighted by Crippen LogP contribution is 2.35. The van der Waals surface area contributed by atoms with Gasteiger partial charge in [0, 0.05) is 30.8 Å². The van der Waals surface area contributed by atoms with Crippen LogP contribution in [-0.2, 0) is 20.9 Å². The molecule has 144 valence electrons. The lowest BCUT2D eigenvalue weighted by atomic mass is 9.95. The maximum absolute atomic E-state index is 12.1. The first-order valence-electron chi connectivity index (χ1n) is 9.50. The van der Waals surface area contributed by atoms with Gasteiger partial charge in [0.25, 0.3) is 0 Å². The molecule has 2 aromatic heterocycles. The summed E-state index contributed by atoms with van der Waals surface area (Å²) < 4.78 is 6.74. The molecule has 1 saturated carbocycles. The summed E-state index contributed by atoms with van der Waals surface area (Å²) in [5.41, 5.74) is 2.27. The van der Waals surface area contributed by atoms with Crippen molar-refractivity contribution in [3.8, 4) is 0 Å². The fourth-order valence-corrected chi connectivity index (χ4v) is 3.92. The van der Waals surface area contributed by atoms with Gasteiger partial charge in [-0.1, -0.05) is 18.0 Å². The van der Waals surface area contributed by atoms with Gasteiger partial charge < -0.3 is 14.9 Å². The number of oxime groups is 1. The molecule has 8 nitrogen and oxygen atoms in total. The van der Waals surface area contributed by atoms with Gasteiger partial charge in [-0.15, -0.1) is 0 Å². The van der Waals surface area contributed by atoms with E-state index in [0.717, 1.165) is 41.7 Å². The molecule has 0 aromatic carbocycles. The molecule has 0 amide bonds. The van der Waals surface area contributed by atoms with Gasteiger partial charge in [-0.2, -0.15) is 5.10 Å². The number of rotatable bonds is 5. The van der Waals surface area contributed by atoms with Gasteiger partial charge >= 0.3 is 5.97 Å². The lowest BCUT2D eigenvalue weighted by Crippen LogP contribution is -2.36. The molecule has 4 rings (SSSR count). The van der Waals surface area contributed by atoms with E-state index in [1.807, 2.05) is 17.8 Å². The average molecular weight is 371 g/mol. The van der Waals surface area contributed by atoms with Crippen molar-refractivity contribution in [2.45, 2.75) is 64.1 Å². The van der Waals surface area contributed by atoms with Gasteiger partial charge in [-0.05, 0) is 26.7 Å². The fourth-order valence-electron chi connectivity index (χ4n) is 3.92. The third-order valence-electron chi connectivity index (χ3n) is 5.46. The Kier molecular flexibility index (Phi) is 4.49. The van der Waals surface area contributed by atoms with Crippen LogP contribution in [0.4, 0.5) is 5.69 Å². The van der Waals surface area contributed by atoms with E-state index in [1.165, 1.54) is 20.0 Å². The van der Waals surface area contributed by atoms with Gasteiger partial charge in [-0.25, -0.2) is 14.5 Å². The molecular formula is C19H25N5O3. The molecule has 3 heterocycles. The molecule has 1 N–H and O–H groups in total. The highest BCUT2D eigenvalue weighted by atomic mass is 16.7. The minimum Gasteiger partial charge on any atom is -0.466 e. The lowest BCUT2D eigenvalue weighted by molar-refractivity contribution is -0.164. The Morgan fingerprint density at radius 3 is 2.89 bits per heavy atom. The quantitative estimate of drug-likeness (QED) is 0.813. The van der Waals surface area contributed by atoms with Gasteiger partial charge in [0.1, 0.15) is 0 Å². The van der Waals surface area contributed by atoms with E-state index in [4.69, 9.17) is 9.57 Å². The van der Waals surface area contributed by atoms with Crippen LogP contribution in [0.15, 0.2) is 17.5 Å². The van der Waals surface area contributed by atoms with Crippen molar-refractivity contribution in [3.05, 3.63) is 18.0 Å². The summed E-state index contributed by atoms with van der Waals surface area (Å²) >= 11 is 0. The van der Waals surface area contributed by atoms with Crippen molar-refractivity contribution < 1.29 is 14.4 Å². The van der Waals surface area contributed by atoms with E-state index in [1.54, 1.807) is 13.1 Å². The Morgan fingerprint density at radius 2 is 2.19 bits per heavy atom. The number of carbonyl (C=O) groups excluding carboxylic acids is 1. The Bertz CT molecular complexity index is 900. The molecular weight excluding hydrogens is 346 g/mol. The summed E-state index contributed by atoms with van der Waals surface area (Å²) in [6.45, 7) is 4.49. The number of nitrogens with one attached hydrogen (secondary N) is 1. The zero-order chi connectivity index (χ0) is 19.0. The number of hydrogen-bond acceptors (Lipinski definition) is 7. The molecule has 0 spiro atoms. The molecule has 27 heavy (non-hydrogen) atoms. The SMILES string of the molecule is CCn1ncc2c(NC3CCCC3)c(C3=NOC(C)(C(=O)OC)C3)cnc21. The van der Waals surface area contributed by atoms with Crippen LogP contribution in [0.3, 0.4) is 0 Å². The number of aryl methyl sites for hydroxylation is 1. The summed E-state index contributed by atoms with van der Waals surface area (Å²) in [6, 6.07) is 0.425. The third-order valence-corrected chi connectivity index (χ3v) is 5.46. The number of esters is 1. The third kappa shape index (κ3) is 3.02. The summed E-state index contributed by atoms with van der Waals surface area (Å²) in [6.07, 6.45) is 8.76. The van der Waals surface area contributed by atoms with Gasteiger partial charge in [0.2, 0.25) is 5.60 Å². The average Bonchev–Trinajstić information content (AvgIpc) is 3.41. The molecule has 2 aromatic rings. The van der Waals surface area contributed by atoms with Crippen molar-refractivity contribution in [1.29, 1.82) is 0 Å². The smallest absolute Gasteiger partial charge is 0.353 e. The van der Waals surface area contributed by atoms with Crippen LogP contribution in [0.1, 0.15) is 51.5 Å². The minimum atomic E-state index is -1.10. The first-order chi connectivity index (χ1) is 13.1. The van der Waals surface area contributed by atoms with E-state index in [2.05, 4.69) is 20.6 Å². The molecule has 0 radical (unpaired) electrons. The standard InChI is InChI=1S/C19H25N5O3/c1-4-24-17-14(11-21-24)16(22-12-7-5-6-8-12)13(10-20-17)15-9-19(2,27-23-15)18(25)26-3/h10-12H,4-9H2,1-3H3,(H,20,22). The monoisotopic (exact) mass is 371 g/mol. The number of anilines is 1. The molecule has 0 saturated heterocycles. The maximum atomic E-state index is 12.1.